The molecule has 1 fully saturated rings. The van der Waals surface area contributed by atoms with Gasteiger partial charge < -0.3 is 20.1 Å². The number of carbonyl (C=O) groups is 1. The molecule has 1 aliphatic rings. The molecule has 0 spiro atoms. The molecule has 1 aliphatic heterocycles. The number of hydrogen-bond donors (Lipinski definition) is 2. The summed E-state index contributed by atoms with van der Waals surface area (Å²) in [5.74, 6) is 0.523. The fourth-order valence-electron chi connectivity index (χ4n) is 3.62. The molecule has 0 bridgehead atoms. The predicted octanol–water partition coefficient (Wildman–Crippen LogP) is 4.24. The number of piperidine rings is 1. The summed E-state index contributed by atoms with van der Waals surface area (Å²) >= 11 is 13.5. The lowest BCUT2D eigenvalue weighted by molar-refractivity contribution is 0.0594. The van der Waals surface area contributed by atoms with E-state index in [9.17, 15) is 9.90 Å². The van der Waals surface area contributed by atoms with Gasteiger partial charge in [0.1, 0.15) is 11.9 Å². The molecule has 31 heavy (non-hydrogen) atoms. The van der Waals surface area contributed by atoms with Crippen LogP contribution in [0.5, 0.6) is 5.75 Å². The zero-order valence-corrected chi connectivity index (χ0v) is 19.1. The van der Waals surface area contributed by atoms with E-state index >= 15 is 0 Å². The number of fused-ring (bicyclic) bond motifs is 1. The minimum absolute atomic E-state index is 0.104. The van der Waals surface area contributed by atoms with Crippen molar-refractivity contribution < 1.29 is 14.6 Å². The Kier molecular flexibility index (Phi) is 7.30. The highest BCUT2D eigenvalue weighted by molar-refractivity contribution is 7.16. The van der Waals surface area contributed by atoms with E-state index in [4.69, 9.17) is 27.9 Å². The highest BCUT2D eigenvalue weighted by Gasteiger charge is 2.22. The Balaban J connectivity index is 1.19. The van der Waals surface area contributed by atoms with Crippen LogP contribution in [-0.4, -0.2) is 59.3 Å². The third-order valence-corrected chi connectivity index (χ3v) is 6.82. The summed E-state index contributed by atoms with van der Waals surface area (Å²) in [5.41, 5.74) is 3.21. The van der Waals surface area contributed by atoms with E-state index < -0.39 is 6.10 Å². The molecular weight excluding hydrogens is 457 g/mol. The van der Waals surface area contributed by atoms with E-state index in [2.05, 4.69) is 15.2 Å². The van der Waals surface area contributed by atoms with Gasteiger partial charge in [-0.05, 0) is 43.2 Å². The van der Waals surface area contributed by atoms with Crippen LogP contribution in [-0.2, 0) is 0 Å². The summed E-state index contributed by atoms with van der Waals surface area (Å²) in [6.07, 6.45) is 1.18. The van der Waals surface area contributed by atoms with Gasteiger partial charge in [0.25, 0.3) is 5.91 Å². The van der Waals surface area contributed by atoms with E-state index in [1.54, 1.807) is 23.7 Å². The Bertz CT molecular complexity index is 1050. The lowest BCUT2D eigenvalue weighted by atomic mass is 10.1. The molecule has 164 valence electrons. The first-order chi connectivity index (χ1) is 15.0. The smallest absolute Gasteiger partial charge is 0.251 e. The van der Waals surface area contributed by atoms with Crippen LogP contribution in [0.4, 0.5) is 0 Å². The number of benzene rings is 2. The lowest BCUT2D eigenvalue weighted by Crippen LogP contribution is -2.45. The highest BCUT2D eigenvalue weighted by atomic mass is 35.5. The molecular formula is C22H23Cl2N3O3S. The van der Waals surface area contributed by atoms with Crippen LogP contribution in [0.25, 0.3) is 10.2 Å². The second-order valence-electron chi connectivity index (χ2n) is 7.59. The number of amides is 1. The minimum atomic E-state index is -0.636. The standard InChI is InChI=1S/C22H23Cl2N3O3S/c23-18-3-2-17(10-19(18)24)30-16-5-7-27(8-6-16)12-15(28)11-25-22(29)14-1-4-20-21(9-14)31-13-26-20/h1-4,9-10,13,15-16,28H,5-8,11-12H2,(H,25,29). The number of ether oxygens (including phenoxy) is 1. The van der Waals surface area contributed by atoms with E-state index in [1.807, 2.05) is 18.2 Å². The summed E-state index contributed by atoms with van der Waals surface area (Å²) in [4.78, 5) is 18.8. The maximum atomic E-state index is 12.4. The molecule has 1 aromatic heterocycles. The maximum absolute atomic E-state index is 12.4. The fourth-order valence-corrected chi connectivity index (χ4v) is 4.63. The topological polar surface area (TPSA) is 74.7 Å². The average molecular weight is 480 g/mol. The predicted molar refractivity (Wildman–Crippen MR) is 125 cm³/mol. The molecule has 2 N–H and O–H groups in total. The number of β-amino-alcohol motifs (C(OH)–C–C–N with tert-alkyl or cyclic N) is 1. The second kappa shape index (κ2) is 10.1. The van der Waals surface area contributed by atoms with E-state index in [0.29, 0.717) is 27.9 Å². The molecule has 1 atom stereocenters. The molecule has 0 aliphatic carbocycles. The Hall–Kier alpha value is -1.90. The zero-order valence-electron chi connectivity index (χ0n) is 16.8. The molecule has 3 aromatic rings. The van der Waals surface area contributed by atoms with Gasteiger partial charge in [0.2, 0.25) is 0 Å². The van der Waals surface area contributed by atoms with Crippen molar-refractivity contribution in [2.45, 2.75) is 25.0 Å². The van der Waals surface area contributed by atoms with Gasteiger partial charge in [0.05, 0.1) is 31.9 Å². The number of nitrogens with one attached hydrogen (secondary N) is 1. The van der Waals surface area contributed by atoms with Crippen LogP contribution in [0.2, 0.25) is 10.0 Å². The second-order valence-corrected chi connectivity index (χ2v) is 9.29. The van der Waals surface area contributed by atoms with Gasteiger partial charge in [-0.3, -0.25) is 4.79 Å². The number of likely N-dealkylation sites (tertiary alicyclic amines) is 1. The van der Waals surface area contributed by atoms with Crippen molar-refractivity contribution in [2.75, 3.05) is 26.2 Å². The Morgan fingerprint density at radius 1 is 1.23 bits per heavy atom. The van der Waals surface area contributed by atoms with Gasteiger partial charge in [-0.15, -0.1) is 11.3 Å². The number of aromatic nitrogens is 1. The monoisotopic (exact) mass is 479 g/mol. The molecule has 1 amide bonds. The fraction of sp³-hybridized carbons (Fsp3) is 0.364. The van der Waals surface area contributed by atoms with Crippen molar-refractivity contribution in [1.82, 2.24) is 15.2 Å². The summed E-state index contributed by atoms with van der Waals surface area (Å²) in [6, 6.07) is 10.7. The average Bonchev–Trinajstić information content (AvgIpc) is 3.24. The largest absolute Gasteiger partial charge is 0.490 e. The third kappa shape index (κ3) is 5.87. The SMILES string of the molecule is O=C(NCC(O)CN1CCC(Oc2ccc(Cl)c(Cl)c2)CC1)c1ccc2ncsc2c1. The molecule has 2 heterocycles. The first-order valence-corrected chi connectivity index (χ1v) is 11.7. The highest BCUT2D eigenvalue weighted by Crippen LogP contribution is 2.28. The number of nitrogens with zero attached hydrogens (tertiary/aromatic N) is 2. The quantitative estimate of drug-likeness (QED) is 0.529. The third-order valence-electron chi connectivity index (χ3n) is 5.29. The number of thiazole rings is 1. The van der Waals surface area contributed by atoms with Crippen LogP contribution < -0.4 is 10.1 Å². The van der Waals surface area contributed by atoms with Crippen molar-refractivity contribution in [2.24, 2.45) is 0 Å². The van der Waals surface area contributed by atoms with Crippen LogP contribution in [0.15, 0.2) is 41.9 Å². The van der Waals surface area contributed by atoms with Crippen LogP contribution in [0, 0.1) is 0 Å². The van der Waals surface area contributed by atoms with Crippen molar-refractivity contribution in [3.63, 3.8) is 0 Å². The Labute approximate surface area is 194 Å². The zero-order chi connectivity index (χ0) is 21.8. The number of aliphatic hydroxyl groups excluding tert-OH is 1. The number of rotatable bonds is 7. The van der Waals surface area contributed by atoms with Crippen molar-refractivity contribution in [3.05, 3.63) is 57.5 Å². The van der Waals surface area contributed by atoms with Gasteiger partial charge in [-0.2, -0.15) is 0 Å². The molecule has 4 rings (SSSR count). The van der Waals surface area contributed by atoms with Crippen LogP contribution >= 0.6 is 34.5 Å². The van der Waals surface area contributed by atoms with Gasteiger partial charge in [0, 0.05) is 37.8 Å². The number of aliphatic hydroxyl groups is 1. The molecule has 6 nitrogen and oxygen atoms in total. The van der Waals surface area contributed by atoms with E-state index in [0.717, 1.165) is 36.1 Å². The Morgan fingerprint density at radius 3 is 2.81 bits per heavy atom. The molecule has 2 aromatic carbocycles. The van der Waals surface area contributed by atoms with Crippen molar-refractivity contribution in [1.29, 1.82) is 0 Å². The van der Waals surface area contributed by atoms with E-state index in [1.165, 1.54) is 11.3 Å². The normalized spacial score (nSPS) is 16.4. The lowest BCUT2D eigenvalue weighted by Gasteiger charge is -2.33. The number of halogens is 2. The molecule has 9 heteroatoms. The summed E-state index contributed by atoms with van der Waals surface area (Å²) in [5, 5.41) is 14.2. The van der Waals surface area contributed by atoms with Gasteiger partial charge in [-0.1, -0.05) is 23.2 Å². The van der Waals surface area contributed by atoms with E-state index in [-0.39, 0.29) is 18.6 Å². The summed E-state index contributed by atoms with van der Waals surface area (Å²) in [6.45, 7) is 2.35. The van der Waals surface area contributed by atoms with Gasteiger partial charge in [0.15, 0.2) is 0 Å². The molecule has 1 unspecified atom stereocenters. The first kappa shape index (κ1) is 22.3. The van der Waals surface area contributed by atoms with Crippen LogP contribution in [0.3, 0.4) is 0 Å². The summed E-state index contributed by atoms with van der Waals surface area (Å²) in [7, 11) is 0. The minimum Gasteiger partial charge on any atom is -0.490 e. The number of carbonyl (C=O) groups excluding carboxylic acids is 1. The maximum Gasteiger partial charge on any atom is 0.251 e. The van der Waals surface area contributed by atoms with Crippen LogP contribution in [0.1, 0.15) is 23.2 Å². The van der Waals surface area contributed by atoms with Gasteiger partial charge >= 0.3 is 0 Å². The molecule has 1 saturated heterocycles. The van der Waals surface area contributed by atoms with Crippen molar-refractivity contribution in [3.8, 4) is 5.75 Å². The molecule has 0 saturated carbocycles. The summed E-state index contributed by atoms with van der Waals surface area (Å²) < 4.78 is 6.98. The Morgan fingerprint density at radius 2 is 2.03 bits per heavy atom. The first-order valence-electron chi connectivity index (χ1n) is 10.1. The number of hydrogen-bond acceptors (Lipinski definition) is 6. The van der Waals surface area contributed by atoms with Crippen molar-refractivity contribution >= 4 is 50.7 Å². The van der Waals surface area contributed by atoms with Gasteiger partial charge in [-0.25, -0.2) is 4.98 Å². The molecule has 0 radical (unpaired) electrons.